The van der Waals surface area contributed by atoms with Gasteiger partial charge in [-0.05, 0) is 23.3 Å². The minimum absolute atomic E-state index is 0.0680. The van der Waals surface area contributed by atoms with Crippen LogP contribution in [0, 0.1) is 0 Å². The number of amides is 1. The van der Waals surface area contributed by atoms with E-state index in [0.717, 1.165) is 16.9 Å². The number of methoxy groups -OCH3 is 1. The highest BCUT2D eigenvalue weighted by Crippen LogP contribution is 2.26. The number of hydrogen-bond acceptors (Lipinski definition) is 5. The number of aliphatic hydroxyl groups is 1. The van der Waals surface area contributed by atoms with Crippen molar-refractivity contribution in [2.24, 2.45) is 0 Å². The van der Waals surface area contributed by atoms with Crippen LogP contribution in [0.5, 0.6) is 5.75 Å². The summed E-state index contributed by atoms with van der Waals surface area (Å²) in [5.74, 6) is -0.0279. The number of carbonyl (C=O) groups excluding carboxylic acids is 1. The van der Waals surface area contributed by atoms with Crippen LogP contribution in [0.4, 0.5) is 0 Å². The fourth-order valence-electron chi connectivity index (χ4n) is 2.61. The van der Waals surface area contributed by atoms with Crippen molar-refractivity contribution in [2.45, 2.75) is 29.2 Å². The van der Waals surface area contributed by atoms with Crippen molar-refractivity contribution in [3.05, 3.63) is 77.9 Å². The average molecular weight is 503 g/mol. The number of alkyl halides is 3. The number of ether oxygens (including phenoxy) is 3. The highest BCUT2D eigenvalue weighted by atomic mass is 35.6. The lowest BCUT2D eigenvalue weighted by molar-refractivity contribution is -0.121. The van der Waals surface area contributed by atoms with Crippen LogP contribution in [0.1, 0.15) is 11.1 Å². The molecule has 2 rings (SSSR count). The quantitative estimate of drug-likeness (QED) is 0.336. The van der Waals surface area contributed by atoms with Gasteiger partial charge in [-0.15, -0.1) is 0 Å². The average Bonchev–Trinajstić information content (AvgIpc) is 2.78. The first-order chi connectivity index (χ1) is 15.3. The molecule has 0 bridgehead atoms. The molecular formula is C23H26Cl3NO5. The van der Waals surface area contributed by atoms with Gasteiger partial charge in [-0.3, -0.25) is 4.79 Å². The van der Waals surface area contributed by atoms with Gasteiger partial charge in [0.05, 0.1) is 45.7 Å². The van der Waals surface area contributed by atoms with E-state index in [9.17, 15) is 9.90 Å². The number of halogens is 3. The van der Waals surface area contributed by atoms with Crippen molar-refractivity contribution in [3.8, 4) is 5.75 Å². The summed E-state index contributed by atoms with van der Waals surface area (Å²) in [6.45, 7) is 0.876. The molecule has 0 aromatic heterocycles. The van der Waals surface area contributed by atoms with Crippen LogP contribution in [0.3, 0.4) is 0 Å². The maximum Gasteiger partial charge on any atom is 0.272 e. The Bertz CT molecular complexity index is 841. The lowest BCUT2D eigenvalue weighted by Crippen LogP contribution is -2.43. The predicted octanol–water partition coefficient (Wildman–Crippen LogP) is 4.20. The molecule has 0 unspecified atom stereocenters. The highest BCUT2D eigenvalue weighted by Gasteiger charge is 2.31. The summed E-state index contributed by atoms with van der Waals surface area (Å²) in [6.07, 6.45) is 2.19. The second-order valence-corrected chi connectivity index (χ2v) is 9.18. The zero-order valence-corrected chi connectivity index (χ0v) is 19.8. The normalized spacial score (nSPS) is 13.7. The molecule has 0 spiro atoms. The molecule has 0 heterocycles. The molecule has 0 saturated heterocycles. The Kier molecular flexibility index (Phi) is 11.3. The van der Waals surface area contributed by atoms with Gasteiger partial charge in [0.2, 0.25) is 0 Å². The SMILES string of the molecule is COc1ccc(COC[C@H](O)C=C[C@@H](COCc2ccccc2)NC(=O)C(Cl)(Cl)Cl)cc1. The van der Waals surface area contributed by atoms with Crippen molar-refractivity contribution in [2.75, 3.05) is 20.3 Å². The van der Waals surface area contributed by atoms with Gasteiger partial charge in [0, 0.05) is 0 Å². The van der Waals surface area contributed by atoms with E-state index in [-0.39, 0.29) is 13.2 Å². The second kappa shape index (κ2) is 13.7. The van der Waals surface area contributed by atoms with E-state index in [1.165, 1.54) is 6.08 Å². The van der Waals surface area contributed by atoms with Crippen LogP contribution < -0.4 is 10.1 Å². The van der Waals surface area contributed by atoms with E-state index >= 15 is 0 Å². The molecule has 0 fully saturated rings. The van der Waals surface area contributed by atoms with Crippen LogP contribution in [-0.2, 0) is 27.5 Å². The molecule has 174 valence electrons. The van der Waals surface area contributed by atoms with Gasteiger partial charge in [-0.2, -0.15) is 0 Å². The summed E-state index contributed by atoms with van der Waals surface area (Å²) in [5.41, 5.74) is 1.93. The third kappa shape index (κ3) is 10.2. The predicted molar refractivity (Wildman–Crippen MR) is 126 cm³/mol. The Morgan fingerprint density at radius 3 is 2.16 bits per heavy atom. The Morgan fingerprint density at radius 1 is 0.969 bits per heavy atom. The van der Waals surface area contributed by atoms with Gasteiger partial charge < -0.3 is 24.6 Å². The summed E-state index contributed by atoms with van der Waals surface area (Å²) < 4.78 is 14.2. The van der Waals surface area contributed by atoms with Crippen LogP contribution >= 0.6 is 34.8 Å². The first kappa shape index (κ1) is 26.5. The zero-order chi connectivity index (χ0) is 23.4. The number of nitrogens with one attached hydrogen (secondary N) is 1. The first-order valence-corrected chi connectivity index (χ1v) is 11.0. The highest BCUT2D eigenvalue weighted by molar-refractivity contribution is 6.76. The Balaban J connectivity index is 1.85. The van der Waals surface area contributed by atoms with Crippen LogP contribution in [0.25, 0.3) is 0 Å². The summed E-state index contributed by atoms with van der Waals surface area (Å²) in [6, 6.07) is 16.4. The van der Waals surface area contributed by atoms with Crippen molar-refractivity contribution in [1.29, 1.82) is 0 Å². The van der Waals surface area contributed by atoms with Crippen molar-refractivity contribution in [3.63, 3.8) is 0 Å². The molecular weight excluding hydrogens is 477 g/mol. The molecule has 1 amide bonds. The molecule has 2 aromatic carbocycles. The molecule has 2 atom stereocenters. The monoisotopic (exact) mass is 501 g/mol. The van der Waals surface area contributed by atoms with E-state index < -0.39 is 21.8 Å². The van der Waals surface area contributed by atoms with E-state index in [0.29, 0.717) is 13.2 Å². The second-order valence-electron chi connectivity index (χ2n) is 6.89. The molecule has 2 aromatic rings. The number of aliphatic hydroxyl groups excluding tert-OH is 1. The molecule has 6 nitrogen and oxygen atoms in total. The lowest BCUT2D eigenvalue weighted by Gasteiger charge is -2.19. The van der Waals surface area contributed by atoms with Crippen molar-refractivity contribution < 1.29 is 24.1 Å². The Labute approximate surface area is 203 Å². The molecule has 0 radical (unpaired) electrons. The molecule has 0 saturated carbocycles. The topological polar surface area (TPSA) is 77.0 Å². The molecule has 0 aliphatic rings. The molecule has 0 aliphatic carbocycles. The number of rotatable bonds is 12. The summed E-state index contributed by atoms with van der Waals surface area (Å²) in [4.78, 5) is 12.0. The standard InChI is InChI=1S/C23H26Cl3NO5/c1-30-21-11-7-18(8-12-21)14-32-16-20(28)10-9-19(27-22(29)23(24,25)26)15-31-13-17-5-3-2-4-6-17/h2-12,19-20,28H,13-16H2,1H3,(H,27,29)/t19-,20+/m0/s1. The van der Waals surface area contributed by atoms with Gasteiger partial charge >= 0.3 is 0 Å². The number of carbonyl (C=O) groups is 1. The summed E-state index contributed by atoms with van der Waals surface area (Å²) in [5, 5.41) is 12.8. The minimum atomic E-state index is -2.11. The van der Waals surface area contributed by atoms with Gasteiger partial charge in [0.1, 0.15) is 5.75 Å². The molecule has 32 heavy (non-hydrogen) atoms. The number of hydrogen-bond donors (Lipinski definition) is 2. The maximum atomic E-state index is 12.0. The zero-order valence-electron chi connectivity index (χ0n) is 17.5. The van der Waals surface area contributed by atoms with Crippen LogP contribution in [-0.4, -0.2) is 47.3 Å². The largest absolute Gasteiger partial charge is 0.497 e. The van der Waals surface area contributed by atoms with Crippen molar-refractivity contribution >= 4 is 40.7 Å². The smallest absolute Gasteiger partial charge is 0.272 e. The van der Waals surface area contributed by atoms with E-state index in [2.05, 4.69) is 5.32 Å². The third-order valence-electron chi connectivity index (χ3n) is 4.26. The van der Waals surface area contributed by atoms with E-state index in [1.807, 2.05) is 54.6 Å². The first-order valence-electron chi connectivity index (χ1n) is 9.84. The Morgan fingerprint density at radius 2 is 1.56 bits per heavy atom. The van der Waals surface area contributed by atoms with Crippen molar-refractivity contribution in [1.82, 2.24) is 5.32 Å². The fraction of sp³-hybridized carbons (Fsp3) is 0.348. The Hall–Kier alpha value is -1.80. The maximum absolute atomic E-state index is 12.0. The third-order valence-corrected chi connectivity index (χ3v) is 4.78. The summed E-state index contributed by atoms with van der Waals surface area (Å²) in [7, 11) is 1.60. The van der Waals surface area contributed by atoms with Crippen LogP contribution in [0.15, 0.2) is 66.7 Å². The fourth-order valence-corrected chi connectivity index (χ4v) is 2.77. The van der Waals surface area contributed by atoms with Crippen LogP contribution in [0.2, 0.25) is 0 Å². The van der Waals surface area contributed by atoms with E-state index in [1.54, 1.807) is 13.2 Å². The number of benzene rings is 2. The molecule has 0 aliphatic heterocycles. The van der Waals surface area contributed by atoms with E-state index in [4.69, 9.17) is 49.0 Å². The minimum Gasteiger partial charge on any atom is -0.497 e. The lowest BCUT2D eigenvalue weighted by atomic mass is 10.2. The molecule has 2 N–H and O–H groups in total. The molecule has 9 heteroatoms. The summed E-state index contributed by atoms with van der Waals surface area (Å²) >= 11 is 16.9. The van der Waals surface area contributed by atoms with Gasteiger partial charge in [0.15, 0.2) is 0 Å². The van der Waals surface area contributed by atoms with Gasteiger partial charge in [-0.25, -0.2) is 0 Å². The van der Waals surface area contributed by atoms with Gasteiger partial charge in [0.25, 0.3) is 9.70 Å². The van der Waals surface area contributed by atoms with Gasteiger partial charge in [-0.1, -0.05) is 89.4 Å².